The molecule has 1 heterocycles. The van der Waals surface area contributed by atoms with Gasteiger partial charge in [0.25, 0.3) is 5.91 Å². The fraction of sp³-hybridized carbons (Fsp3) is 0.300. The molecule has 2 aromatic rings. The van der Waals surface area contributed by atoms with Crippen molar-refractivity contribution in [3.63, 3.8) is 0 Å². The van der Waals surface area contributed by atoms with Gasteiger partial charge in [-0.2, -0.15) is 0 Å². The number of hydrogen-bond donors (Lipinski definition) is 2. The van der Waals surface area contributed by atoms with Gasteiger partial charge < -0.3 is 16.0 Å². The highest BCUT2D eigenvalue weighted by molar-refractivity contribution is 7.91. The van der Waals surface area contributed by atoms with Crippen LogP contribution in [-0.4, -0.2) is 38.1 Å². The van der Waals surface area contributed by atoms with Gasteiger partial charge in [-0.05, 0) is 49.7 Å². The first-order valence-corrected chi connectivity index (χ1v) is 11.1. The molecule has 0 fully saturated rings. The van der Waals surface area contributed by atoms with Crippen molar-refractivity contribution in [2.24, 2.45) is 5.73 Å². The van der Waals surface area contributed by atoms with Crippen LogP contribution in [0.5, 0.6) is 0 Å². The molecule has 1 aliphatic rings. The molecule has 0 aromatic heterocycles. The minimum absolute atomic E-state index is 0. The number of nitrogens with one attached hydrogen (secondary N) is 1. The molecule has 0 aliphatic carbocycles. The number of fused-ring (bicyclic) bond motifs is 1. The minimum Gasteiger partial charge on any atom is -0.350 e. The van der Waals surface area contributed by atoms with Crippen molar-refractivity contribution in [2.75, 3.05) is 10.7 Å². The molecule has 10 heteroatoms. The van der Waals surface area contributed by atoms with Crippen LogP contribution in [0, 0.1) is 0 Å². The number of sulfone groups is 1. The average Bonchev–Trinajstić information content (AvgIpc) is 2.71. The second-order valence-corrected chi connectivity index (χ2v) is 9.69. The highest BCUT2D eigenvalue weighted by Crippen LogP contribution is 2.32. The molecule has 3 N–H and O–H groups in total. The lowest BCUT2D eigenvalue weighted by Gasteiger charge is -2.24. The zero-order valence-corrected chi connectivity index (χ0v) is 18.9. The summed E-state index contributed by atoms with van der Waals surface area (Å²) < 4.78 is 25.5. The van der Waals surface area contributed by atoms with Crippen LogP contribution >= 0.6 is 24.0 Å². The quantitative estimate of drug-likeness (QED) is 0.711. The molecular formula is C20H23Cl2N3O4S. The van der Waals surface area contributed by atoms with Gasteiger partial charge in [0.1, 0.15) is 0 Å². The van der Waals surface area contributed by atoms with E-state index in [-0.39, 0.29) is 47.0 Å². The van der Waals surface area contributed by atoms with Crippen molar-refractivity contribution in [1.29, 1.82) is 0 Å². The van der Waals surface area contributed by atoms with Crippen LogP contribution in [0.4, 0.5) is 5.69 Å². The molecule has 30 heavy (non-hydrogen) atoms. The molecule has 1 atom stereocenters. The molecule has 0 saturated heterocycles. The average molecular weight is 472 g/mol. The fourth-order valence-electron chi connectivity index (χ4n) is 3.13. The maximum absolute atomic E-state index is 12.9. The molecule has 0 radical (unpaired) electrons. The highest BCUT2D eigenvalue weighted by atomic mass is 35.5. The zero-order chi connectivity index (χ0) is 21.3. The van der Waals surface area contributed by atoms with Crippen molar-refractivity contribution < 1.29 is 18.0 Å². The zero-order valence-electron chi connectivity index (χ0n) is 16.5. The van der Waals surface area contributed by atoms with E-state index in [4.69, 9.17) is 17.3 Å². The fourth-order valence-corrected chi connectivity index (χ4v) is 4.81. The SMILES string of the molecule is CC(C)NC(=O)c1ccc2c(c1)N(Cc1ccc(Cl)cc1)C(=O)[C@@H](N)CS2(=O)=O.Cl. The summed E-state index contributed by atoms with van der Waals surface area (Å²) in [4.78, 5) is 26.7. The lowest BCUT2D eigenvalue weighted by molar-refractivity contribution is -0.119. The van der Waals surface area contributed by atoms with Crippen LogP contribution in [0.1, 0.15) is 29.8 Å². The van der Waals surface area contributed by atoms with Gasteiger partial charge >= 0.3 is 0 Å². The van der Waals surface area contributed by atoms with Gasteiger partial charge in [-0.15, -0.1) is 12.4 Å². The van der Waals surface area contributed by atoms with E-state index in [2.05, 4.69) is 5.32 Å². The standard InChI is InChI=1S/C20H22ClN3O4S.ClH/c1-12(2)23-19(25)14-5-8-18-17(9-14)24(10-13-3-6-15(21)7-4-13)20(26)16(22)11-29(18,27)28;/h3-9,12,16H,10-11,22H2,1-2H3,(H,23,25);1H/t16-;/m0./s1. The van der Waals surface area contributed by atoms with E-state index < -0.39 is 27.5 Å². The molecule has 2 amide bonds. The number of benzene rings is 2. The minimum atomic E-state index is -3.80. The van der Waals surface area contributed by atoms with Gasteiger partial charge in [-0.3, -0.25) is 9.59 Å². The maximum Gasteiger partial charge on any atom is 0.251 e. The third-order valence-electron chi connectivity index (χ3n) is 4.50. The summed E-state index contributed by atoms with van der Waals surface area (Å²) in [6, 6.07) is 9.79. The van der Waals surface area contributed by atoms with E-state index in [1.807, 2.05) is 13.8 Å². The Bertz CT molecular complexity index is 1060. The summed E-state index contributed by atoms with van der Waals surface area (Å²) in [5.74, 6) is -1.37. The summed E-state index contributed by atoms with van der Waals surface area (Å²) in [7, 11) is -3.80. The van der Waals surface area contributed by atoms with Crippen LogP contribution in [0.2, 0.25) is 5.02 Å². The van der Waals surface area contributed by atoms with Crippen molar-refractivity contribution in [1.82, 2.24) is 5.32 Å². The Kier molecular flexibility index (Phi) is 7.52. The predicted octanol–water partition coefficient (Wildman–Crippen LogP) is 2.55. The van der Waals surface area contributed by atoms with Gasteiger partial charge in [0, 0.05) is 16.6 Å². The second kappa shape index (κ2) is 9.34. The van der Waals surface area contributed by atoms with Crippen LogP contribution in [0.15, 0.2) is 47.4 Å². The van der Waals surface area contributed by atoms with E-state index in [9.17, 15) is 18.0 Å². The van der Waals surface area contributed by atoms with E-state index in [0.29, 0.717) is 5.02 Å². The predicted molar refractivity (Wildman–Crippen MR) is 119 cm³/mol. The first-order chi connectivity index (χ1) is 13.6. The van der Waals surface area contributed by atoms with Gasteiger partial charge in [0.15, 0.2) is 9.84 Å². The molecule has 162 valence electrons. The Hall–Kier alpha value is -2.13. The molecule has 7 nitrogen and oxygen atoms in total. The smallest absolute Gasteiger partial charge is 0.251 e. The monoisotopic (exact) mass is 471 g/mol. The largest absolute Gasteiger partial charge is 0.350 e. The molecule has 0 unspecified atom stereocenters. The molecule has 0 bridgehead atoms. The summed E-state index contributed by atoms with van der Waals surface area (Å²) in [6.07, 6.45) is 0. The third kappa shape index (κ3) is 5.13. The lowest BCUT2D eigenvalue weighted by Crippen LogP contribution is -2.45. The molecular weight excluding hydrogens is 449 g/mol. The Morgan fingerprint density at radius 3 is 2.47 bits per heavy atom. The number of halogens is 2. The summed E-state index contributed by atoms with van der Waals surface area (Å²) in [6.45, 7) is 3.74. The van der Waals surface area contributed by atoms with E-state index >= 15 is 0 Å². The lowest BCUT2D eigenvalue weighted by atomic mass is 10.1. The van der Waals surface area contributed by atoms with Gasteiger partial charge in [-0.25, -0.2) is 8.42 Å². The summed E-state index contributed by atoms with van der Waals surface area (Å²) >= 11 is 5.92. The Morgan fingerprint density at radius 1 is 1.23 bits per heavy atom. The first-order valence-electron chi connectivity index (χ1n) is 9.07. The van der Waals surface area contributed by atoms with Crippen LogP contribution in [-0.2, 0) is 21.2 Å². The molecule has 1 aliphatic heterocycles. The topological polar surface area (TPSA) is 110 Å². The Morgan fingerprint density at radius 2 is 1.87 bits per heavy atom. The summed E-state index contributed by atoms with van der Waals surface area (Å²) in [5.41, 5.74) is 7.05. The van der Waals surface area contributed by atoms with Crippen molar-refractivity contribution in [3.05, 3.63) is 58.6 Å². The Balaban J connectivity index is 0.00000320. The summed E-state index contributed by atoms with van der Waals surface area (Å²) in [5, 5.41) is 3.31. The van der Waals surface area contributed by atoms with Crippen LogP contribution in [0.25, 0.3) is 0 Å². The second-order valence-electron chi connectivity index (χ2n) is 7.25. The van der Waals surface area contributed by atoms with Crippen molar-refractivity contribution in [3.8, 4) is 0 Å². The number of nitrogens with two attached hydrogens (primary N) is 1. The van der Waals surface area contributed by atoms with Gasteiger partial charge in [0.2, 0.25) is 5.91 Å². The normalized spacial score (nSPS) is 17.7. The molecule has 0 saturated carbocycles. The van der Waals surface area contributed by atoms with E-state index in [1.54, 1.807) is 24.3 Å². The number of carbonyl (C=O) groups excluding carboxylic acids is 2. The molecule has 2 aromatic carbocycles. The maximum atomic E-state index is 12.9. The van der Waals surface area contributed by atoms with Crippen LogP contribution < -0.4 is 16.0 Å². The van der Waals surface area contributed by atoms with Gasteiger partial charge in [-0.1, -0.05) is 23.7 Å². The number of carbonyl (C=O) groups is 2. The van der Waals surface area contributed by atoms with E-state index in [1.165, 1.54) is 23.1 Å². The first kappa shape index (κ1) is 24.1. The Labute approximate surface area is 186 Å². The number of amides is 2. The van der Waals surface area contributed by atoms with Crippen LogP contribution in [0.3, 0.4) is 0 Å². The molecule has 3 rings (SSSR count). The number of nitrogens with zero attached hydrogens (tertiary/aromatic N) is 1. The highest BCUT2D eigenvalue weighted by Gasteiger charge is 2.36. The number of hydrogen-bond acceptors (Lipinski definition) is 5. The molecule has 0 spiro atoms. The number of rotatable bonds is 4. The number of anilines is 1. The van der Waals surface area contributed by atoms with E-state index in [0.717, 1.165) is 5.56 Å². The third-order valence-corrected chi connectivity index (χ3v) is 6.57. The van der Waals surface area contributed by atoms with Crippen molar-refractivity contribution in [2.45, 2.75) is 37.4 Å². The van der Waals surface area contributed by atoms with Gasteiger partial charge in [0.05, 0.1) is 28.9 Å². The van der Waals surface area contributed by atoms with Crippen molar-refractivity contribution >= 4 is 51.3 Å².